The molecule has 1 aliphatic heterocycles. The topological polar surface area (TPSA) is 49.8 Å². The number of phenolic OH excluding ortho intramolecular Hbond substituents is 1. The Morgan fingerprint density at radius 2 is 1.95 bits per heavy atom. The third-order valence-electron chi connectivity index (χ3n) is 3.73. The Bertz CT molecular complexity index is 511. The molecule has 1 N–H and O–H groups in total. The van der Waals surface area contributed by atoms with Crippen LogP contribution in [0.5, 0.6) is 5.75 Å². The molecule has 0 aromatic heterocycles. The number of piperidine rings is 1. The van der Waals surface area contributed by atoms with Crippen molar-refractivity contribution in [3.05, 3.63) is 28.2 Å². The number of halogens is 1. The summed E-state index contributed by atoms with van der Waals surface area (Å²) in [5.74, 6) is 0.822. The van der Waals surface area contributed by atoms with Crippen LogP contribution in [0.3, 0.4) is 0 Å². The Morgan fingerprint density at radius 3 is 2.50 bits per heavy atom. The largest absolute Gasteiger partial charge is 0.508 e. The molecular weight excluding hydrogens is 346 g/mol. The van der Waals surface area contributed by atoms with Crippen LogP contribution < -0.4 is 0 Å². The van der Waals surface area contributed by atoms with Crippen LogP contribution in [0.1, 0.15) is 39.2 Å². The van der Waals surface area contributed by atoms with E-state index in [1.165, 1.54) is 0 Å². The van der Waals surface area contributed by atoms with E-state index in [-0.39, 0.29) is 11.8 Å². The first kappa shape index (κ1) is 17.1. The van der Waals surface area contributed by atoms with Crippen molar-refractivity contribution >= 4 is 22.0 Å². The fraction of sp³-hybridized carbons (Fsp3) is 0.588. The average Bonchev–Trinajstić information content (AvgIpc) is 2.36. The van der Waals surface area contributed by atoms with Crippen molar-refractivity contribution in [1.82, 2.24) is 4.90 Å². The molecule has 1 amide bonds. The molecule has 0 saturated carbocycles. The summed E-state index contributed by atoms with van der Waals surface area (Å²) < 4.78 is 6.31. The van der Waals surface area contributed by atoms with E-state index in [0.717, 1.165) is 42.4 Å². The minimum Gasteiger partial charge on any atom is -0.508 e. The predicted molar refractivity (Wildman–Crippen MR) is 90.0 cm³/mol. The lowest BCUT2D eigenvalue weighted by atomic mass is 9.90. The minimum atomic E-state index is -0.443. The van der Waals surface area contributed by atoms with Gasteiger partial charge in [0.25, 0.3) is 0 Å². The van der Waals surface area contributed by atoms with Crippen LogP contribution in [0.4, 0.5) is 4.79 Å². The first-order valence-electron chi connectivity index (χ1n) is 7.69. The standard InChI is InChI=1S/C17H24BrNO3/c1-17(2,3)22-16(21)19-6-4-12(5-7-19)8-13-9-14(18)11-15(20)10-13/h9-12,20H,4-8H2,1-3H3. The number of rotatable bonds is 2. The number of hydrogen-bond donors (Lipinski definition) is 1. The molecule has 1 aromatic rings. The molecule has 1 aliphatic rings. The lowest BCUT2D eigenvalue weighted by molar-refractivity contribution is 0.0184. The zero-order valence-electron chi connectivity index (χ0n) is 13.4. The lowest BCUT2D eigenvalue weighted by Crippen LogP contribution is -2.42. The number of nitrogens with zero attached hydrogens (tertiary/aromatic N) is 1. The molecule has 1 aromatic carbocycles. The third kappa shape index (κ3) is 5.20. The van der Waals surface area contributed by atoms with Crippen LogP contribution in [-0.2, 0) is 11.2 Å². The van der Waals surface area contributed by atoms with E-state index in [0.29, 0.717) is 5.92 Å². The highest BCUT2D eigenvalue weighted by atomic mass is 79.9. The fourth-order valence-corrected chi connectivity index (χ4v) is 3.26. The van der Waals surface area contributed by atoms with Gasteiger partial charge in [0.05, 0.1) is 0 Å². The molecule has 0 bridgehead atoms. The highest BCUT2D eigenvalue weighted by Gasteiger charge is 2.26. The van der Waals surface area contributed by atoms with Crippen molar-refractivity contribution in [2.24, 2.45) is 5.92 Å². The number of amides is 1. The highest BCUT2D eigenvalue weighted by Crippen LogP contribution is 2.26. The molecule has 5 heteroatoms. The van der Waals surface area contributed by atoms with Gasteiger partial charge in [0.15, 0.2) is 0 Å². The number of aromatic hydroxyl groups is 1. The molecule has 4 nitrogen and oxygen atoms in total. The molecular formula is C17H24BrNO3. The van der Waals surface area contributed by atoms with Crippen molar-refractivity contribution in [3.8, 4) is 5.75 Å². The smallest absolute Gasteiger partial charge is 0.410 e. The van der Waals surface area contributed by atoms with Crippen LogP contribution in [0.15, 0.2) is 22.7 Å². The van der Waals surface area contributed by atoms with Crippen molar-refractivity contribution in [2.45, 2.75) is 45.6 Å². The van der Waals surface area contributed by atoms with Gasteiger partial charge in [-0.3, -0.25) is 0 Å². The van der Waals surface area contributed by atoms with Crippen LogP contribution in [0.2, 0.25) is 0 Å². The first-order valence-corrected chi connectivity index (χ1v) is 8.48. The van der Waals surface area contributed by atoms with Gasteiger partial charge in [-0.15, -0.1) is 0 Å². The number of ether oxygens (including phenoxy) is 1. The Kier molecular flexibility index (Phi) is 5.37. The van der Waals surface area contributed by atoms with Gasteiger partial charge in [0.1, 0.15) is 11.4 Å². The summed E-state index contributed by atoms with van der Waals surface area (Å²) in [7, 11) is 0. The Balaban J connectivity index is 1.86. The number of phenols is 1. The highest BCUT2D eigenvalue weighted by molar-refractivity contribution is 9.10. The molecule has 1 heterocycles. The van der Waals surface area contributed by atoms with Gasteiger partial charge < -0.3 is 14.7 Å². The summed E-state index contributed by atoms with van der Waals surface area (Å²) in [5.41, 5.74) is 0.685. The second-order valence-corrected chi connectivity index (χ2v) is 7.85. The van der Waals surface area contributed by atoms with Crippen LogP contribution >= 0.6 is 15.9 Å². The summed E-state index contributed by atoms with van der Waals surface area (Å²) in [6.07, 6.45) is 2.64. The summed E-state index contributed by atoms with van der Waals surface area (Å²) in [5, 5.41) is 9.65. The maximum Gasteiger partial charge on any atom is 0.410 e. The predicted octanol–water partition coefficient (Wildman–Crippen LogP) is 4.34. The second kappa shape index (κ2) is 6.90. The summed E-state index contributed by atoms with van der Waals surface area (Å²) >= 11 is 3.40. The fourth-order valence-electron chi connectivity index (χ4n) is 2.73. The monoisotopic (exact) mass is 369 g/mol. The minimum absolute atomic E-state index is 0.217. The van der Waals surface area contributed by atoms with Crippen molar-refractivity contribution in [1.29, 1.82) is 0 Å². The molecule has 0 radical (unpaired) electrons. The van der Waals surface area contributed by atoms with Gasteiger partial charge in [-0.1, -0.05) is 15.9 Å². The van der Waals surface area contributed by atoms with E-state index in [1.807, 2.05) is 32.9 Å². The molecule has 1 fully saturated rings. The average molecular weight is 370 g/mol. The van der Waals surface area contributed by atoms with Crippen molar-refractivity contribution in [3.63, 3.8) is 0 Å². The SMILES string of the molecule is CC(C)(C)OC(=O)N1CCC(Cc2cc(O)cc(Br)c2)CC1. The van der Waals surface area contributed by atoms with Gasteiger partial charge >= 0.3 is 6.09 Å². The molecule has 2 rings (SSSR count). The summed E-state index contributed by atoms with van der Waals surface area (Å²) in [4.78, 5) is 13.8. The Labute approximate surface area is 140 Å². The molecule has 0 unspecified atom stereocenters. The van der Waals surface area contributed by atoms with Gasteiger partial charge in [0.2, 0.25) is 0 Å². The van der Waals surface area contributed by atoms with Gasteiger partial charge in [-0.25, -0.2) is 4.79 Å². The van der Waals surface area contributed by atoms with Gasteiger partial charge in [-0.05, 0) is 69.7 Å². The maximum absolute atomic E-state index is 12.0. The van der Waals surface area contributed by atoms with E-state index in [4.69, 9.17) is 4.74 Å². The normalized spacial score (nSPS) is 16.6. The molecule has 0 spiro atoms. The zero-order valence-corrected chi connectivity index (χ0v) is 15.0. The Morgan fingerprint density at radius 1 is 1.32 bits per heavy atom. The molecule has 122 valence electrons. The van der Waals surface area contributed by atoms with Crippen LogP contribution in [0, 0.1) is 5.92 Å². The second-order valence-electron chi connectivity index (χ2n) is 6.93. The van der Waals surface area contributed by atoms with E-state index < -0.39 is 5.60 Å². The number of likely N-dealkylation sites (tertiary alicyclic amines) is 1. The molecule has 1 saturated heterocycles. The number of carbonyl (C=O) groups is 1. The molecule has 0 aliphatic carbocycles. The Hall–Kier alpha value is -1.23. The quantitative estimate of drug-likeness (QED) is 0.842. The number of hydrogen-bond acceptors (Lipinski definition) is 3. The molecule has 0 atom stereocenters. The van der Waals surface area contributed by atoms with E-state index in [1.54, 1.807) is 11.0 Å². The van der Waals surface area contributed by atoms with Crippen molar-refractivity contribution < 1.29 is 14.6 Å². The van der Waals surface area contributed by atoms with Crippen molar-refractivity contribution in [2.75, 3.05) is 13.1 Å². The first-order chi connectivity index (χ1) is 10.2. The van der Waals surface area contributed by atoms with Crippen LogP contribution in [0.25, 0.3) is 0 Å². The maximum atomic E-state index is 12.0. The van der Waals surface area contributed by atoms with E-state index >= 15 is 0 Å². The van der Waals surface area contributed by atoms with E-state index in [2.05, 4.69) is 15.9 Å². The number of benzene rings is 1. The third-order valence-corrected chi connectivity index (χ3v) is 4.19. The van der Waals surface area contributed by atoms with Crippen LogP contribution in [-0.4, -0.2) is 34.8 Å². The summed E-state index contributed by atoms with van der Waals surface area (Å²) in [6, 6.07) is 5.54. The zero-order chi connectivity index (χ0) is 16.3. The van der Waals surface area contributed by atoms with Gasteiger partial charge in [-0.2, -0.15) is 0 Å². The number of carbonyl (C=O) groups excluding carboxylic acids is 1. The lowest BCUT2D eigenvalue weighted by Gasteiger charge is -2.33. The van der Waals surface area contributed by atoms with E-state index in [9.17, 15) is 9.90 Å². The van der Waals surface area contributed by atoms with Gasteiger partial charge in [0, 0.05) is 17.6 Å². The molecule has 22 heavy (non-hydrogen) atoms. The summed E-state index contributed by atoms with van der Waals surface area (Å²) in [6.45, 7) is 7.13.